The van der Waals surface area contributed by atoms with Gasteiger partial charge in [-0.25, -0.2) is 4.39 Å². The van der Waals surface area contributed by atoms with Gasteiger partial charge in [0.25, 0.3) is 0 Å². The van der Waals surface area contributed by atoms with Gasteiger partial charge < -0.3 is 5.32 Å². The molecule has 0 amide bonds. The minimum absolute atomic E-state index is 0.126. The standard InChI is InChI=1S/C15H17ClFNS/c1-2-6-18-15(8-11-5-7-19-10-11)12-3-4-13(16)14(17)9-12/h3-5,7,9-10,15,18H,2,6,8H2,1H3. The van der Waals surface area contributed by atoms with Gasteiger partial charge in [-0.1, -0.05) is 24.6 Å². The SMILES string of the molecule is CCCNC(Cc1ccsc1)c1ccc(Cl)c(F)c1. The predicted octanol–water partition coefficient (Wildman–Crippen LogP) is 4.82. The molecule has 0 aliphatic heterocycles. The van der Waals surface area contributed by atoms with Gasteiger partial charge in [0.05, 0.1) is 5.02 Å². The van der Waals surface area contributed by atoms with Gasteiger partial charge in [0.1, 0.15) is 5.82 Å². The molecular formula is C15H17ClFNS. The summed E-state index contributed by atoms with van der Waals surface area (Å²) in [6.07, 6.45) is 1.92. The topological polar surface area (TPSA) is 12.0 Å². The Morgan fingerprint density at radius 3 is 2.84 bits per heavy atom. The molecule has 0 aliphatic carbocycles. The van der Waals surface area contributed by atoms with E-state index >= 15 is 0 Å². The van der Waals surface area contributed by atoms with E-state index in [4.69, 9.17) is 11.6 Å². The van der Waals surface area contributed by atoms with Crippen LogP contribution in [-0.2, 0) is 6.42 Å². The Morgan fingerprint density at radius 1 is 1.37 bits per heavy atom. The normalized spacial score (nSPS) is 12.6. The van der Waals surface area contributed by atoms with E-state index in [1.54, 1.807) is 17.4 Å². The predicted molar refractivity (Wildman–Crippen MR) is 80.5 cm³/mol. The lowest BCUT2D eigenvalue weighted by Crippen LogP contribution is -2.24. The third-order valence-corrected chi connectivity index (χ3v) is 4.05. The fourth-order valence-corrected chi connectivity index (χ4v) is 2.80. The van der Waals surface area contributed by atoms with Crippen LogP contribution in [0, 0.1) is 5.82 Å². The molecule has 1 aromatic carbocycles. The Hall–Kier alpha value is -0.900. The second-order valence-corrected chi connectivity index (χ2v) is 5.70. The summed E-state index contributed by atoms with van der Waals surface area (Å²) in [5.74, 6) is -0.354. The molecule has 1 atom stereocenters. The fourth-order valence-electron chi connectivity index (χ4n) is 2.00. The van der Waals surface area contributed by atoms with Crippen molar-refractivity contribution < 1.29 is 4.39 Å². The summed E-state index contributed by atoms with van der Waals surface area (Å²) in [4.78, 5) is 0. The molecule has 1 aromatic heterocycles. The van der Waals surface area contributed by atoms with E-state index in [0.717, 1.165) is 24.9 Å². The Bertz CT molecular complexity index is 513. The van der Waals surface area contributed by atoms with Crippen LogP contribution in [-0.4, -0.2) is 6.54 Å². The van der Waals surface area contributed by atoms with Crippen LogP contribution < -0.4 is 5.32 Å². The van der Waals surface area contributed by atoms with E-state index in [1.807, 2.05) is 6.07 Å². The lowest BCUT2D eigenvalue weighted by molar-refractivity contribution is 0.525. The second-order valence-electron chi connectivity index (χ2n) is 4.52. The number of halogens is 2. The van der Waals surface area contributed by atoms with Crippen molar-refractivity contribution in [3.05, 3.63) is 57.0 Å². The molecule has 0 spiro atoms. The van der Waals surface area contributed by atoms with Gasteiger partial charge in [0.2, 0.25) is 0 Å². The highest BCUT2D eigenvalue weighted by atomic mass is 35.5. The summed E-state index contributed by atoms with van der Waals surface area (Å²) < 4.78 is 13.6. The van der Waals surface area contributed by atoms with Crippen LogP contribution in [0.15, 0.2) is 35.0 Å². The van der Waals surface area contributed by atoms with E-state index in [0.29, 0.717) is 0 Å². The lowest BCUT2D eigenvalue weighted by atomic mass is 10.0. The van der Waals surface area contributed by atoms with E-state index in [1.165, 1.54) is 11.6 Å². The summed E-state index contributed by atoms with van der Waals surface area (Å²) in [5.41, 5.74) is 2.22. The molecule has 0 aliphatic rings. The molecule has 1 unspecified atom stereocenters. The first-order chi connectivity index (χ1) is 9.20. The average molecular weight is 298 g/mol. The second kappa shape index (κ2) is 7.04. The minimum Gasteiger partial charge on any atom is -0.310 e. The van der Waals surface area contributed by atoms with Crippen LogP contribution in [0.25, 0.3) is 0 Å². The van der Waals surface area contributed by atoms with Gasteiger partial charge in [-0.05, 0) is 59.5 Å². The minimum atomic E-state index is -0.354. The number of thiophene rings is 1. The number of benzene rings is 1. The zero-order valence-corrected chi connectivity index (χ0v) is 12.4. The third-order valence-electron chi connectivity index (χ3n) is 3.01. The molecule has 0 saturated carbocycles. The fraction of sp³-hybridized carbons (Fsp3) is 0.333. The first-order valence-electron chi connectivity index (χ1n) is 6.40. The monoisotopic (exact) mass is 297 g/mol. The van der Waals surface area contributed by atoms with Gasteiger partial charge >= 0.3 is 0 Å². The zero-order chi connectivity index (χ0) is 13.7. The van der Waals surface area contributed by atoms with Gasteiger partial charge in [0.15, 0.2) is 0 Å². The number of rotatable bonds is 6. The first-order valence-corrected chi connectivity index (χ1v) is 7.72. The van der Waals surface area contributed by atoms with Crippen molar-refractivity contribution in [2.24, 2.45) is 0 Å². The Morgan fingerprint density at radius 2 is 2.21 bits per heavy atom. The maximum atomic E-state index is 13.6. The number of nitrogens with one attached hydrogen (secondary N) is 1. The molecule has 2 aromatic rings. The van der Waals surface area contributed by atoms with E-state index < -0.39 is 0 Å². The van der Waals surface area contributed by atoms with Crippen molar-refractivity contribution in [3.8, 4) is 0 Å². The molecule has 4 heteroatoms. The van der Waals surface area contributed by atoms with E-state index in [2.05, 4.69) is 29.1 Å². The molecule has 1 N–H and O–H groups in total. The summed E-state index contributed by atoms with van der Waals surface area (Å²) >= 11 is 7.42. The van der Waals surface area contributed by atoms with Crippen molar-refractivity contribution in [1.29, 1.82) is 0 Å². The van der Waals surface area contributed by atoms with Crippen molar-refractivity contribution >= 4 is 22.9 Å². The smallest absolute Gasteiger partial charge is 0.142 e. The summed E-state index contributed by atoms with van der Waals surface area (Å²) in [6.45, 7) is 3.04. The molecule has 0 bridgehead atoms. The first kappa shape index (κ1) is 14.5. The van der Waals surface area contributed by atoms with Crippen molar-refractivity contribution in [1.82, 2.24) is 5.32 Å². The quantitative estimate of drug-likeness (QED) is 0.806. The molecule has 0 radical (unpaired) electrons. The molecule has 2 rings (SSSR count). The highest BCUT2D eigenvalue weighted by Gasteiger charge is 2.13. The van der Waals surface area contributed by atoms with Gasteiger partial charge in [-0.3, -0.25) is 0 Å². The molecule has 0 fully saturated rings. The van der Waals surface area contributed by atoms with Crippen LogP contribution in [0.2, 0.25) is 5.02 Å². The Kier molecular flexibility index (Phi) is 5.37. The maximum absolute atomic E-state index is 13.6. The van der Waals surface area contributed by atoms with Crippen molar-refractivity contribution in [2.75, 3.05) is 6.54 Å². The average Bonchev–Trinajstić information content (AvgIpc) is 2.91. The Balaban J connectivity index is 2.18. The van der Waals surface area contributed by atoms with Gasteiger partial charge in [0, 0.05) is 6.04 Å². The number of hydrogen-bond acceptors (Lipinski definition) is 2. The molecule has 0 saturated heterocycles. The largest absolute Gasteiger partial charge is 0.310 e. The lowest BCUT2D eigenvalue weighted by Gasteiger charge is -2.19. The van der Waals surface area contributed by atoms with Gasteiger partial charge in [-0.2, -0.15) is 11.3 Å². The molecule has 1 heterocycles. The van der Waals surface area contributed by atoms with Crippen molar-refractivity contribution in [3.63, 3.8) is 0 Å². The van der Waals surface area contributed by atoms with Crippen LogP contribution >= 0.6 is 22.9 Å². The van der Waals surface area contributed by atoms with E-state index in [9.17, 15) is 4.39 Å². The van der Waals surface area contributed by atoms with Crippen LogP contribution in [0.5, 0.6) is 0 Å². The third kappa shape index (κ3) is 4.03. The van der Waals surface area contributed by atoms with Crippen LogP contribution in [0.3, 0.4) is 0 Å². The number of hydrogen-bond donors (Lipinski definition) is 1. The van der Waals surface area contributed by atoms with Crippen LogP contribution in [0.4, 0.5) is 4.39 Å². The molecule has 19 heavy (non-hydrogen) atoms. The highest BCUT2D eigenvalue weighted by Crippen LogP contribution is 2.24. The van der Waals surface area contributed by atoms with Crippen molar-refractivity contribution in [2.45, 2.75) is 25.8 Å². The van der Waals surface area contributed by atoms with E-state index in [-0.39, 0.29) is 16.9 Å². The van der Waals surface area contributed by atoms with Gasteiger partial charge in [-0.15, -0.1) is 0 Å². The summed E-state index contributed by atoms with van der Waals surface area (Å²) in [6, 6.07) is 7.28. The molecule has 102 valence electrons. The van der Waals surface area contributed by atoms with Crippen LogP contribution in [0.1, 0.15) is 30.5 Å². The Labute approximate surface area is 122 Å². The zero-order valence-electron chi connectivity index (χ0n) is 10.8. The maximum Gasteiger partial charge on any atom is 0.142 e. The molecule has 1 nitrogen and oxygen atoms in total. The highest BCUT2D eigenvalue weighted by molar-refractivity contribution is 7.07. The summed E-state index contributed by atoms with van der Waals surface area (Å²) in [7, 11) is 0. The summed E-state index contributed by atoms with van der Waals surface area (Å²) in [5, 5.41) is 7.84. The molecular weight excluding hydrogens is 281 g/mol.